The number of ether oxygens (including phenoxy) is 1. The summed E-state index contributed by atoms with van der Waals surface area (Å²) in [4.78, 5) is 19.0. The van der Waals surface area contributed by atoms with Crippen molar-refractivity contribution in [1.82, 2.24) is 10.3 Å². The summed E-state index contributed by atoms with van der Waals surface area (Å²) in [5.41, 5.74) is 5.41. The van der Waals surface area contributed by atoms with Crippen molar-refractivity contribution in [2.75, 3.05) is 43.5 Å². The highest BCUT2D eigenvalue weighted by atomic mass is 32.1. The Hall–Kier alpha value is -1.38. The molecule has 1 aliphatic heterocycles. The van der Waals surface area contributed by atoms with Gasteiger partial charge < -0.3 is 25.8 Å². The van der Waals surface area contributed by atoms with E-state index in [2.05, 4.69) is 15.2 Å². The molecule has 2 fully saturated rings. The average Bonchev–Trinajstić information content (AvgIpc) is 3.13. The molecule has 1 aromatic rings. The first-order chi connectivity index (χ1) is 9.63. The standard InChI is InChI=1S/C12H18N4O3S/c13-9-8(10(18)15-12(7-17)1-2-12)20-11(14-9)16-3-5-19-6-4-16/h17H,1-7,13H2,(H,15,18). The van der Waals surface area contributed by atoms with Gasteiger partial charge in [0.1, 0.15) is 10.7 Å². The number of aliphatic hydroxyl groups is 1. The average molecular weight is 298 g/mol. The number of aromatic nitrogens is 1. The fourth-order valence-corrected chi connectivity index (χ4v) is 3.08. The summed E-state index contributed by atoms with van der Waals surface area (Å²) < 4.78 is 5.29. The lowest BCUT2D eigenvalue weighted by atomic mass is 10.3. The fourth-order valence-electron chi connectivity index (χ4n) is 2.14. The summed E-state index contributed by atoms with van der Waals surface area (Å²) in [7, 11) is 0. The zero-order valence-corrected chi connectivity index (χ0v) is 11.9. The number of hydrogen-bond acceptors (Lipinski definition) is 7. The number of nitrogen functional groups attached to an aromatic ring is 1. The maximum absolute atomic E-state index is 12.2. The lowest BCUT2D eigenvalue weighted by molar-refractivity contribution is 0.0911. The van der Waals surface area contributed by atoms with Crippen LogP contribution in [-0.2, 0) is 4.74 Å². The van der Waals surface area contributed by atoms with Gasteiger partial charge in [0.25, 0.3) is 5.91 Å². The van der Waals surface area contributed by atoms with Crippen molar-refractivity contribution in [2.45, 2.75) is 18.4 Å². The fraction of sp³-hybridized carbons (Fsp3) is 0.667. The van der Waals surface area contributed by atoms with Gasteiger partial charge in [0.2, 0.25) is 0 Å². The van der Waals surface area contributed by atoms with Crippen molar-refractivity contribution in [3.8, 4) is 0 Å². The summed E-state index contributed by atoms with van der Waals surface area (Å²) in [6, 6.07) is 0. The Morgan fingerprint density at radius 3 is 2.80 bits per heavy atom. The molecular formula is C12H18N4O3S. The van der Waals surface area contributed by atoms with Crippen LogP contribution in [-0.4, -0.2) is 54.4 Å². The minimum absolute atomic E-state index is 0.0340. The van der Waals surface area contributed by atoms with Crippen LogP contribution in [0.15, 0.2) is 0 Å². The molecule has 3 rings (SSSR count). The Labute approximate surface area is 120 Å². The molecule has 7 nitrogen and oxygen atoms in total. The number of thiazole rings is 1. The number of aliphatic hydroxyl groups excluding tert-OH is 1. The van der Waals surface area contributed by atoms with Crippen molar-refractivity contribution in [3.05, 3.63) is 4.88 Å². The Balaban J connectivity index is 1.73. The van der Waals surface area contributed by atoms with Gasteiger partial charge in [0.05, 0.1) is 25.4 Å². The van der Waals surface area contributed by atoms with Crippen LogP contribution in [0.1, 0.15) is 22.5 Å². The van der Waals surface area contributed by atoms with E-state index in [1.54, 1.807) is 0 Å². The Morgan fingerprint density at radius 2 is 2.20 bits per heavy atom. The first-order valence-electron chi connectivity index (χ1n) is 6.66. The minimum Gasteiger partial charge on any atom is -0.394 e. The molecule has 1 saturated carbocycles. The number of rotatable bonds is 4. The Morgan fingerprint density at radius 1 is 1.50 bits per heavy atom. The van der Waals surface area contributed by atoms with Crippen LogP contribution in [0.4, 0.5) is 10.9 Å². The number of nitrogens with two attached hydrogens (primary N) is 1. The lowest BCUT2D eigenvalue weighted by Gasteiger charge is -2.25. The molecule has 1 aromatic heterocycles. The third kappa shape index (κ3) is 2.58. The topological polar surface area (TPSA) is 101 Å². The van der Waals surface area contributed by atoms with Gasteiger partial charge in [-0.2, -0.15) is 0 Å². The molecule has 2 heterocycles. The first-order valence-corrected chi connectivity index (χ1v) is 7.48. The number of anilines is 2. The predicted molar refractivity (Wildman–Crippen MR) is 76.1 cm³/mol. The summed E-state index contributed by atoms with van der Waals surface area (Å²) in [5.74, 6) is 0.00814. The van der Waals surface area contributed by atoms with E-state index in [1.807, 2.05) is 0 Å². The number of carbonyl (C=O) groups is 1. The van der Waals surface area contributed by atoms with Gasteiger partial charge in [0.15, 0.2) is 5.13 Å². The molecule has 0 atom stereocenters. The third-order valence-corrected chi connectivity index (χ3v) is 4.80. The van der Waals surface area contributed by atoms with Crippen molar-refractivity contribution < 1.29 is 14.6 Å². The number of nitrogens with zero attached hydrogens (tertiary/aromatic N) is 2. The predicted octanol–water partition coefficient (Wildman–Crippen LogP) is -0.183. The third-order valence-electron chi connectivity index (χ3n) is 3.66. The van der Waals surface area contributed by atoms with Gasteiger partial charge in [-0.05, 0) is 12.8 Å². The van der Waals surface area contributed by atoms with E-state index < -0.39 is 5.54 Å². The number of hydrogen-bond donors (Lipinski definition) is 3. The highest BCUT2D eigenvalue weighted by Gasteiger charge is 2.44. The van der Waals surface area contributed by atoms with E-state index in [-0.39, 0.29) is 18.3 Å². The molecule has 8 heteroatoms. The highest BCUT2D eigenvalue weighted by molar-refractivity contribution is 7.18. The van der Waals surface area contributed by atoms with Crippen LogP contribution in [0.25, 0.3) is 0 Å². The summed E-state index contributed by atoms with van der Waals surface area (Å²) in [6.45, 7) is 2.81. The zero-order chi connectivity index (χ0) is 14.2. The summed E-state index contributed by atoms with van der Waals surface area (Å²) in [5, 5.41) is 12.9. The first kappa shape index (κ1) is 13.6. The SMILES string of the molecule is Nc1nc(N2CCOCC2)sc1C(=O)NC1(CO)CC1. The van der Waals surface area contributed by atoms with Crippen LogP contribution in [0.5, 0.6) is 0 Å². The van der Waals surface area contributed by atoms with Gasteiger partial charge in [-0.3, -0.25) is 4.79 Å². The molecule has 20 heavy (non-hydrogen) atoms. The van der Waals surface area contributed by atoms with Crippen molar-refractivity contribution in [2.24, 2.45) is 0 Å². The van der Waals surface area contributed by atoms with Gasteiger partial charge in [-0.15, -0.1) is 0 Å². The van der Waals surface area contributed by atoms with Gasteiger partial charge in [-0.25, -0.2) is 4.98 Å². The van der Waals surface area contributed by atoms with Crippen LogP contribution in [0, 0.1) is 0 Å². The molecule has 1 saturated heterocycles. The molecule has 4 N–H and O–H groups in total. The van der Waals surface area contributed by atoms with Gasteiger partial charge in [-0.1, -0.05) is 11.3 Å². The zero-order valence-electron chi connectivity index (χ0n) is 11.1. The normalized spacial score (nSPS) is 20.8. The number of amides is 1. The van der Waals surface area contributed by atoms with Gasteiger partial charge >= 0.3 is 0 Å². The molecule has 1 aliphatic carbocycles. The molecule has 0 radical (unpaired) electrons. The van der Waals surface area contributed by atoms with Crippen molar-refractivity contribution in [3.63, 3.8) is 0 Å². The monoisotopic (exact) mass is 298 g/mol. The highest BCUT2D eigenvalue weighted by Crippen LogP contribution is 2.36. The second kappa shape index (κ2) is 5.19. The smallest absolute Gasteiger partial charge is 0.265 e. The van der Waals surface area contributed by atoms with Gasteiger partial charge in [0, 0.05) is 13.1 Å². The molecule has 2 aliphatic rings. The summed E-state index contributed by atoms with van der Waals surface area (Å²) >= 11 is 1.29. The number of carbonyl (C=O) groups excluding carboxylic acids is 1. The maximum Gasteiger partial charge on any atom is 0.265 e. The number of morpholine rings is 1. The molecule has 0 aromatic carbocycles. The van der Waals surface area contributed by atoms with Crippen LogP contribution >= 0.6 is 11.3 Å². The molecule has 0 unspecified atom stereocenters. The maximum atomic E-state index is 12.2. The minimum atomic E-state index is -0.438. The van der Waals surface area contributed by atoms with Crippen molar-refractivity contribution >= 4 is 28.2 Å². The number of nitrogens with one attached hydrogen (secondary N) is 1. The molecular weight excluding hydrogens is 280 g/mol. The van der Waals surface area contributed by atoms with E-state index in [0.29, 0.717) is 18.1 Å². The van der Waals surface area contributed by atoms with Crippen LogP contribution in [0.3, 0.4) is 0 Å². The van der Waals surface area contributed by atoms with E-state index in [9.17, 15) is 9.90 Å². The Kier molecular flexibility index (Phi) is 3.53. The summed E-state index contributed by atoms with van der Waals surface area (Å²) in [6.07, 6.45) is 1.62. The van der Waals surface area contributed by atoms with E-state index in [4.69, 9.17) is 10.5 Å². The quantitative estimate of drug-likeness (QED) is 0.713. The lowest BCUT2D eigenvalue weighted by Crippen LogP contribution is -2.39. The van der Waals surface area contributed by atoms with Crippen LogP contribution in [0.2, 0.25) is 0 Å². The largest absolute Gasteiger partial charge is 0.394 e. The van der Waals surface area contributed by atoms with E-state index in [0.717, 1.165) is 31.1 Å². The second-order valence-electron chi connectivity index (χ2n) is 5.20. The molecule has 1 amide bonds. The Bertz CT molecular complexity index is 509. The van der Waals surface area contributed by atoms with E-state index in [1.165, 1.54) is 11.3 Å². The van der Waals surface area contributed by atoms with E-state index >= 15 is 0 Å². The molecule has 0 spiro atoms. The molecule has 0 bridgehead atoms. The second-order valence-corrected chi connectivity index (χ2v) is 6.18. The van der Waals surface area contributed by atoms with Crippen LogP contribution < -0.4 is 16.0 Å². The molecule has 110 valence electrons. The van der Waals surface area contributed by atoms with Crippen molar-refractivity contribution in [1.29, 1.82) is 0 Å².